The first-order valence-electron chi connectivity index (χ1n) is 7.78. The minimum atomic E-state index is -3.14. The van der Waals surface area contributed by atoms with Crippen LogP contribution in [0.5, 0.6) is 0 Å². The normalized spacial score (nSPS) is 27.9. The van der Waals surface area contributed by atoms with Gasteiger partial charge >= 0.3 is 15.0 Å². The van der Waals surface area contributed by atoms with Gasteiger partial charge in [-0.3, -0.25) is 4.98 Å². The second-order valence-corrected chi connectivity index (χ2v) is 7.41. The molecule has 0 bridgehead atoms. The summed E-state index contributed by atoms with van der Waals surface area (Å²) >= 11 is 0. The van der Waals surface area contributed by atoms with Gasteiger partial charge in [0.1, 0.15) is 0 Å². The van der Waals surface area contributed by atoms with E-state index in [2.05, 4.69) is 10.3 Å². The first-order valence-corrected chi connectivity index (χ1v) is 9.50. The highest BCUT2D eigenvalue weighted by Crippen LogP contribution is 2.36. The number of ether oxygens (including phenoxy) is 1. The molecule has 0 aromatic carbocycles. The zero-order chi connectivity index (χ0) is 15.3. The van der Waals surface area contributed by atoms with Crippen LogP contribution in [0.25, 0.3) is 0 Å². The molecule has 8 heteroatoms. The van der Waals surface area contributed by atoms with Crippen LogP contribution in [0.1, 0.15) is 40.0 Å². The molecule has 0 aromatic rings. The van der Waals surface area contributed by atoms with Gasteiger partial charge in [-0.05, 0) is 40.0 Å². The minimum Gasteiger partial charge on any atom is -0.370 e. The molecule has 0 spiro atoms. The summed E-state index contributed by atoms with van der Waals surface area (Å²) in [6.45, 7) is 6.83. The molecule has 7 nitrogen and oxygen atoms in total. The Morgan fingerprint density at radius 3 is 2.24 bits per heavy atom. The summed E-state index contributed by atoms with van der Waals surface area (Å²) in [6, 6.07) is -0.147. The van der Waals surface area contributed by atoms with E-state index in [9.17, 15) is 4.79 Å². The summed E-state index contributed by atoms with van der Waals surface area (Å²) in [5, 5.41) is 2.97. The van der Waals surface area contributed by atoms with Gasteiger partial charge in [-0.1, -0.05) is 0 Å². The molecule has 1 aliphatic heterocycles. The number of fused-ring (bicyclic) bond motifs is 1. The number of rotatable bonds is 8. The van der Waals surface area contributed by atoms with Gasteiger partial charge in [0.25, 0.3) is 0 Å². The van der Waals surface area contributed by atoms with Gasteiger partial charge < -0.3 is 23.3 Å². The number of urea groups is 1. The van der Waals surface area contributed by atoms with Gasteiger partial charge in [-0.2, -0.15) is 0 Å². The number of hydrogen-bond donors (Lipinski definition) is 2. The van der Waals surface area contributed by atoms with Crippen LogP contribution in [0.15, 0.2) is 0 Å². The summed E-state index contributed by atoms with van der Waals surface area (Å²) in [4.78, 5) is 15.0. The highest BCUT2D eigenvalue weighted by Gasteiger charge is 2.47. The first-order chi connectivity index (χ1) is 10.1. The Balaban J connectivity index is 1.86. The molecule has 3 atom stereocenters. The zero-order valence-corrected chi connectivity index (χ0v) is 14.0. The standard InChI is InChI=1S/C13H26N2O5Si/c1-4-17-21(18-5-2,19-6-3)15-13(16)14-10-7-8-11-12(9-10)20-11/h10-12H,4-9H2,1-3H3,(H2,14,15,16). The third kappa shape index (κ3) is 4.65. The average Bonchev–Trinajstić information content (AvgIpc) is 3.17. The Morgan fingerprint density at radius 1 is 1.10 bits per heavy atom. The Bertz CT molecular complexity index is 340. The van der Waals surface area contributed by atoms with Crippen molar-refractivity contribution in [2.75, 3.05) is 19.8 Å². The largest absolute Gasteiger partial charge is 0.634 e. The molecule has 2 amide bonds. The SMILES string of the molecule is CCO[Si](NC(=O)NC1CCC2OC2C1)(OCC)OCC. The predicted octanol–water partition coefficient (Wildman–Crippen LogP) is 1.15. The molecule has 1 aliphatic carbocycles. The molecule has 122 valence electrons. The van der Waals surface area contributed by atoms with Crippen molar-refractivity contribution < 1.29 is 22.8 Å². The number of epoxide rings is 1. The van der Waals surface area contributed by atoms with Crippen LogP contribution in [0, 0.1) is 0 Å². The molecular formula is C13H26N2O5Si. The maximum absolute atomic E-state index is 12.2. The Morgan fingerprint density at radius 2 is 1.71 bits per heavy atom. The smallest absolute Gasteiger partial charge is 0.370 e. The Labute approximate surface area is 127 Å². The maximum Gasteiger partial charge on any atom is 0.634 e. The molecule has 0 aromatic heterocycles. The lowest BCUT2D eigenvalue weighted by atomic mass is 9.96. The van der Waals surface area contributed by atoms with Crippen LogP contribution in [0.3, 0.4) is 0 Å². The minimum absolute atomic E-state index is 0.144. The molecule has 21 heavy (non-hydrogen) atoms. The first kappa shape index (κ1) is 16.7. The molecular weight excluding hydrogens is 292 g/mol. The zero-order valence-electron chi connectivity index (χ0n) is 13.0. The molecule has 1 saturated carbocycles. The van der Waals surface area contributed by atoms with Crippen molar-refractivity contribution in [3.05, 3.63) is 0 Å². The predicted molar refractivity (Wildman–Crippen MR) is 78.6 cm³/mol. The summed E-state index contributed by atoms with van der Waals surface area (Å²) in [6.07, 6.45) is 3.60. The second kappa shape index (κ2) is 7.55. The van der Waals surface area contributed by atoms with Gasteiger partial charge in [0.2, 0.25) is 0 Å². The number of amides is 2. The molecule has 1 heterocycles. The van der Waals surface area contributed by atoms with Gasteiger partial charge in [-0.15, -0.1) is 0 Å². The van der Waals surface area contributed by atoms with Gasteiger partial charge in [0.15, 0.2) is 0 Å². The lowest BCUT2D eigenvalue weighted by molar-refractivity contribution is 0.0629. The van der Waals surface area contributed by atoms with Crippen molar-refractivity contribution in [3.8, 4) is 0 Å². The molecule has 2 N–H and O–H groups in total. The van der Waals surface area contributed by atoms with Gasteiger partial charge in [0, 0.05) is 25.9 Å². The number of hydrogen-bond acceptors (Lipinski definition) is 5. The van der Waals surface area contributed by atoms with Crippen molar-refractivity contribution in [2.24, 2.45) is 0 Å². The molecule has 3 unspecified atom stereocenters. The monoisotopic (exact) mass is 318 g/mol. The van der Waals surface area contributed by atoms with E-state index in [1.807, 2.05) is 20.8 Å². The topological polar surface area (TPSA) is 81.4 Å². The Kier molecular flexibility index (Phi) is 6.00. The Hall–Kier alpha value is -0.673. The number of carbonyl (C=O) groups is 1. The van der Waals surface area contributed by atoms with Crippen LogP contribution >= 0.6 is 0 Å². The third-order valence-electron chi connectivity index (χ3n) is 3.61. The molecule has 1 saturated heterocycles. The van der Waals surface area contributed by atoms with E-state index in [1.54, 1.807) is 0 Å². The van der Waals surface area contributed by atoms with Crippen LogP contribution < -0.4 is 10.3 Å². The highest BCUT2D eigenvalue weighted by molar-refractivity contribution is 6.60. The molecule has 0 radical (unpaired) electrons. The summed E-state index contributed by atoms with van der Waals surface area (Å²) in [5.74, 6) is 0. The van der Waals surface area contributed by atoms with Crippen molar-refractivity contribution >= 4 is 15.0 Å². The van der Waals surface area contributed by atoms with Crippen molar-refractivity contribution in [1.29, 1.82) is 0 Å². The summed E-state index contributed by atoms with van der Waals surface area (Å²) in [5.41, 5.74) is 0. The van der Waals surface area contributed by atoms with Crippen LogP contribution in [-0.2, 0) is 18.0 Å². The van der Waals surface area contributed by atoms with E-state index in [0.29, 0.717) is 32.0 Å². The van der Waals surface area contributed by atoms with E-state index >= 15 is 0 Å². The lowest BCUT2D eigenvalue weighted by Gasteiger charge is -2.29. The second-order valence-electron chi connectivity index (χ2n) is 5.18. The maximum atomic E-state index is 12.2. The van der Waals surface area contributed by atoms with Crippen LogP contribution in [-0.4, -0.2) is 53.1 Å². The fourth-order valence-electron chi connectivity index (χ4n) is 2.70. The van der Waals surface area contributed by atoms with Crippen molar-refractivity contribution in [3.63, 3.8) is 0 Å². The fourth-order valence-corrected chi connectivity index (χ4v) is 4.66. The third-order valence-corrected chi connectivity index (χ3v) is 6.15. The summed E-state index contributed by atoms with van der Waals surface area (Å²) in [7, 11) is -3.14. The van der Waals surface area contributed by atoms with E-state index in [4.69, 9.17) is 18.0 Å². The van der Waals surface area contributed by atoms with Crippen molar-refractivity contribution in [2.45, 2.75) is 58.3 Å². The van der Waals surface area contributed by atoms with Crippen LogP contribution in [0.2, 0.25) is 0 Å². The molecule has 2 aliphatic rings. The van der Waals surface area contributed by atoms with E-state index in [1.165, 1.54) is 0 Å². The van der Waals surface area contributed by atoms with Gasteiger partial charge in [-0.25, -0.2) is 4.79 Å². The van der Waals surface area contributed by atoms with E-state index in [0.717, 1.165) is 19.3 Å². The highest BCUT2D eigenvalue weighted by atomic mass is 28.4. The number of carbonyl (C=O) groups excluding carboxylic acids is 1. The summed E-state index contributed by atoms with van der Waals surface area (Å²) < 4.78 is 22.3. The average molecular weight is 318 g/mol. The van der Waals surface area contributed by atoms with E-state index in [-0.39, 0.29) is 12.1 Å². The van der Waals surface area contributed by atoms with Crippen LogP contribution in [0.4, 0.5) is 4.79 Å². The lowest BCUT2D eigenvalue weighted by Crippen LogP contribution is -2.64. The van der Waals surface area contributed by atoms with Crippen molar-refractivity contribution in [1.82, 2.24) is 10.3 Å². The molecule has 2 fully saturated rings. The quantitative estimate of drug-likeness (QED) is 0.518. The van der Waals surface area contributed by atoms with Gasteiger partial charge in [0.05, 0.1) is 12.2 Å². The molecule has 2 rings (SSSR count). The van der Waals surface area contributed by atoms with E-state index < -0.39 is 8.97 Å². The fraction of sp³-hybridized carbons (Fsp3) is 0.923. The number of nitrogens with one attached hydrogen (secondary N) is 2.